The summed E-state index contributed by atoms with van der Waals surface area (Å²) < 4.78 is 0. The van der Waals surface area contributed by atoms with Gasteiger partial charge in [0.25, 0.3) is 0 Å². The van der Waals surface area contributed by atoms with E-state index in [-0.39, 0.29) is 0 Å². The molecule has 0 aromatic rings. The van der Waals surface area contributed by atoms with Gasteiger partial charge in [-0.05, 0) is 35.8 Å². The molecule has 0 heterocycles. The van der Waals surface area contributed by atoms with Crippen molar-refractivity contribution in [3.05, 3.63) is 36.0 Å². The summed E-state index contributed by atoms with van der Waals surface area (Å²) in [6, 6.07) is 0. The van der Waals surface area contributed by atoms with Crippen molar-refractivity contribution in [2.75, 3.05) is 11.5 Å². The maximum atomic E-state index is 4.39. The summed E-state index contributed by atoms with van der Waals surface area (Å²) >= 11 is 6.39. The highest BCUT2D eigenvalue weighted by Crippen LogP contribution is 2.41. The maximum Gasteiger partial charge on any atom is 0.0471 e. The molecule has 1 rings (SSSR count). The minimum atomic E-state index is 0.394. The number of allylic oxidation sites excluding steroid dienone is 3. The van der Waals surface area contributed by atoms with Gasteiger partial charge in [0.1, 0.15) is 0 Å². The van der Waals surface area contributed by atoms with E-state index in [1.54, 1.807) is 10.8 Å². The summed E-state index contributed by atoms with van der Waals surface area (Å²) in [5.74, 6) is 2.85. The fourth-order valence-electron chi connectivity index (χ4n) is 1.83. The van der Waals surface area contributed by atoms with Crippen molar-refractivity contribution < 1.29 is 0 Å². The van der Waals surface area contributed by atoms with Crippen LogP contribution < -0.4 is 0 Å². The molecule has 0 saturated carbocycles. The molecule has 2 unspecified atom stereocenters. The lowest BCUT2D eigenvalue weighted by Crippen LogP contribution is -2.26. The normalized spacial score (nSPS) is 25.8. The van der Waals surface area contributed by atoms with Crippen molar-refractivity contribution in [3.8, 4) is 0 Å². The molecule has 3 heteroatoms. The first-order valence-electron chi connectivity index (χ1n) is 5.56. The standard InChI is InChI=1S/C13H20S3/c1-5-6-15-8-12-10(3)7-9(2)11(4)13(12)16-14/h7,12-14H,3-6,8H2,1-2H3. The number of hydrogen-bond acceptors (Lipinski definition) is 3. The Labute approximate surface area is 113 Å². The van der Waals surface area contributed by atoms with Crippen molar-refractivity contribution in [2.45, 2.75) is 25.5 Å². The Balaban J connectivity index is 2.73. The van der Waals surface area contributed by atoms with Crippen LogP contribution in [-0.2, 0) is 0 Å². The Morgan fingerprint density at radius 1 is 1.44 bits per heavy atom. The summed E-state index contributed by atoms with van der Waals surface area (Å²) in [4.78, 5) is 0. The molecular formula is C13H20S3. The molecule has 0 saturated heterocycles. The minimum Gasteiger partial charge on any atom is -0.161 e. The second kappa shape index (κ2) is 6.87. The molecule has 0 amide bonds. The van der Waals surface area contributed by atoms with E-state index in [1.807, 2.05) is 11.8 Å². The minimum absolute atomic E-state index is 0.394. The molecule has 0 spiro atoms. The van der Waals surface area contributed by atoms with E-state index in [9.17, 15) is 0 Å². The first-order valence-corrected chi connectivity index (χ1v) is 8.64. The van der Waals surface area contributed by atoms with E-state index >= 15 is 0 Å². The molecule has 0 fully saturated rings. The molecule has 0 nitrogen and oxygen atoms in total. The largest absolute Gasteiger partial charge is 0.161 e. The summed E-state index contributed by atoms with van der Waals surface area (Å²) in [5.41, 5.74) is 3.71. The lowest BCUT2D eigenvalue weighted by Gasteiger charge is -2.32. The zero-order chi connectivity index (χ0) is 12.1. The molecule has 16 heavy (non-hydrogen) atoms. The molecule has 0 aromatic heterocycles. The van der Waals surface area contributed by atoms with Gasteiger partial charge in [-0.2, -0.15) is 11.8 Å². The van der Waals surface area contributed by atoms with Gasteiger partial charge in [0.15, 0.2) is 0 Å². The van der Waals surface area contributed by atoms with Crippen molar-refractivity contribution >= 4 is 34.2 Å². The highest BCUT2D eigenvalue weighted by atomic mass is 33.1. The van der Waals surface area contributed by atoms with Gasteiger partial charge >= 0.3 is 0 Å². The SMILES string of the molecule is C=C1C=C(C)C(=C)C(SS)C1CSCCC. The van der Waals surface area contributed by atoms with Gasteiger partial charge in [-0.1, -0.05) is 37.0 Å². The van der Waals surface area contributed by atoms with E-state index < -0.39 is 0 Å². The van der Waals surface area contributed by atoms with Crippen molar-refractivity contribution in [2.24, 2.45) is 5.92 Å². The number of thiol groups is 1. The van der Waals surface area contributed by atoms with Crippen molar-refractivity contribution in [1.82, 2.24) is 0 Å². The zero-order valence-electron chi connectivity index (χ0n) is 10.0. The summed E-state index contributed by atoms with van der Waals surface area (Å²) in [5, 5.41) is 0.394. The van der Waals surface area contributed by atoms with Gasteiger partial charge in [-0.25, -0.2) is 0 Å². The summed E-state index contributed by atoms with van der Waals surface area (Å²) in [7, 11) is 1.61. The molecule has 1 aliphatic carbocycles. The smallest absolute Gasteiger partial charge is 0.0471 e. The van der Waals surface area contributed by atoms with Crippen LogP contribution in [0.1, 0.15) is 20.3 Å². The Morgan fingerprint density at radius 3 is 2.69 bits per heavy atom. The van der Waals surface area contributed by atoms with E-state index in [4.69, 9.17) is 0 Å². The highest BCUT2D eigenvalue weighted by Gasteiger charge is 2.29. The molecule has 90 valence electrons. The Kier molecular flexibility index (Phi) is 6.16. The van der Waals surface area contributed by atoms with Crippen LogP contribution in [0.2, 0.25) is 0 Å². The maximum absolute atomic E-state index is 4.39. The first kappa shape index (κ1) is 14.3. The van der Waals surface area contributed by atoms with Crippen LogP contribution in [-0.4, -0.2) is 16.8 Å². The zero-order valence-corrected chi connectivity index (χ0v) is 12.6. The highest BCUT2D eigenvalue weighted by molar-refractivity contribution is 8.69. The topological polar surface area (TPSA) is 0 Å². The molecule has 0 aromatic carbocycles. The van der Waals surface area contributed by atoms with Gasteiger partial charge in [0.05, 0.1) is 0 Å². The van der Waals surface area contributed by atoms with E-state index in [0.29, 0.717) is 11.2 Å². The Bertz CT molecular complexity index is 304. The fourth-order valence-corrected chi connectivity index (χ4v) is 4.62. The van der Waals surface area contributed by atoms with Gasteiger partial charge in [0.2, 0.25) is 0 Å². The van der Waals surface area contributed by atoms with E-state index in [1.165, 1.54) is 28.9 Å². The van der Waals surface area contributed by atoms with Crippen LogP contribution in [0, 0.1) is 5.92 Å². The predicted molar refractivity (Wildman–Crippen MR) is 83.5 cm³/mol. The fraction of sp³-hybridized carbons (Fsp3) is 0.538. The molecule has 0 radical (unpaired) electrons. The van der Waals surface area contributed by atoms with Crippen LogP contribution in [0.25, 0.3) is 0 Å². The average Bonchev–Trinajstić information content (AvgIpc) is 2.26. The average molecular weight is 273 g/mol. The summed E-state index contributed by atoms with van der Waals surface area (Å²) in [6.07, 6.45) is 3.42. The van der Waals surface area contributed by atoms with Crippen molar-refractivity contribution in [3.63, 3.8) is 0 Å². The second-order valence-corrected chi connectivity index (χ2v) is 6.64. The Hall–Kier alpha value is 0.270. The molecule has 0 bridgehead atoms. The van der Waals surface area contributed by atoms with Crippen LogP contribution in [0.4, 0.5) is 0 Å². The van der Waals surface area contributed by atoms with Crippen LogP contribution >= 0.6 is 34.2 Å². The third-order valence-electron chi connectivity index (χ3n) is 2.85. The van der Waals surface area contributed by atoms with E-state index in [0.717, 1.165) is 5.75 Å². The second-order valence-electron chi connectivity index (χ2n) is 4.13. The molecule has 0 N–H and O–H groups in total. The van der Waals surface area contributed by atoms with Crippen LogP contribution in [0.3, 0.4) is 0 Å². The molecular weight excluding hydrogens is 252 g/mol. The third-order valence-corrected chi connectivity index (χ3v) is 5.67. The number of rotatable bonds is 5. The van der Waals surface area contributed by atoms with Gasteiger partial charge in [-0.3, -0.25) is 0 Å². The molecule has 0 aliphatic heterocycles. The molecule has 1 aliphatic rings. The third kappa shape index (κ3) is 3.38. The van der Waals surface area contributed by atoms with Gasteiger partial charge in [0, 0.05) is 16.9 Å². The van der Waals surface area contributed by atoms with Gasteiger partial charge in [-0.15, -0.1) is 11.7 Å². The number of hydrogen-bond donors (Lipinski definition) is 1. The van der Waals surface area contributed by atoms with Gasteiger partial charge < -0.3 is 0 Å². The predicted octanol–water partition coefficient (Wildman–Crippen LogP) is 4.76. The quantitative estimate of drug-likeness (QED) is 0.435. The van der Waals surface area contributed by atoms with E-state index in [2.05, 4.69) is 44.7 Å². The monoisotopic (exact) mass is 272 g/mol. The Morgan fingerprint density at radius 2 is 2.12 bits per heavy atom. The lowest BCUT2D eigenvalue weighted by molar-refractivity contribution is 0.708. The van der Waals surface area contributed by atoms with Crippen LogP contribution in [0.5, 0.6) is 0 Å². The molecule has 2 atom stereocenters. The van der Waals surface area contributed by atoms with Crippen LogP contribution in [0.15, 0.2) is 36.0 Å². The number of thioether (sulfide) groups is 1. The summed E-state index contributed by atoms with van der Waals surface area (Å²) in [6.45, 7) is 12.7. The van der Waals surface area contributed by atoms with Crippen molar-refractivity contribution in [1.29, 1.82) is 0 Å². The first-order chi connectivity index (χ1) is 7.61. The lowest BCUT2D eigenvalue weighted by atomic mass is 9.84.